The molecule has 0 fully saturated rings. The Balaban J connectivity index is 4.27. The highest BCUT2D eigenvalue weighted by molar-refractivity contribution is 14.1. The van der Waals surface area contributed by atoms with Crippen molar-refractivity contribution >= 4 is 28.9 Å². The topological polar surface area (TPSA) is 38.4 Å². The molecule has 0 aromatic rings. The molecule has 0 aromatic heterocycles. The molecule has 0 amide bonds. The third-order valence-electron chi connectivity index (χ3n) is 1.62. The van der Waals surface area contributed by atoms with Crippen molar-refractivity contribution in [2.24, 2.45) is 16.1 Å². The van der Waals surface area contributed by atoms with Crippen molar-refractivity contribution < 1.29 is 0 Å². The maximum atomic E-state index is 5.19. The van der Waals surface area contributed by atoms with Gasteiger partial charge in [-0.1, -0.05) is 42.5 Å². The zero-order valence-corrected chi connectivity index (χ0v) is 10.1. The Morgan fingerprint density at radius 3 is 2.58 bits per heavy atom. The fourth-order valence-corrected chi connectivity index (χ4v) is 2.43. The number of hydrogen-bond donors (Lipinski definition) is 1. The van der Waals surface area contributed by atoms with Crippen LogP contribution in [0, 0.1) is 5.41 Å². The van der Waals surface area contributed by atoms with Gasteiger partial charge in [0, 0.05) is 10.1 Å². The van der Waals surface area contributed by atoms with Crippen molar-refractivity contribution in [3.8, 4) is 0 Å². The third kappa shape index (κ3) is 5.57. The van der Waals surface area contributed by atoms with Crippen LogP contribution in [0.2, 0.25) is 0 Å². The van der Waals surface area contributed by atoms with Gasteiger partial charge in [0.2, 0.25) is 0 Å². The molecular formula is C9H17IN2. The van der Waals surface area contributed by atoms with E-state index in [1.807, 2.05) is 6.92 Å². The van der Waals surface area contributed by atoms with Gasteiger partial charge in [0.1, 0.15) is 0 Å². The second-order valence-corrected chi connectivity index (χ2v) is 4.57. The largest absolute Gasteiger partial charge is 0.390 e. The van der Waals surface area contributed by atoms with E-state index in [4.69, 9.17) is 5.73 Å². The molecule has 0 bridgehead atoms. The molecule has 0 radical (unpaired) electrons. The van der Waals surface area contributed by atoms with Crippen molar-refractivity contribution in [3.05, 3.63) is 11.8 Å². The highest BCUT2D eigenvalue weighted by atomic mass is 127. The maximum absolute atomic E-state index is 5.19. The number of nitrogens with zero attached hydrogens (tertiary/aromatic N) is 1. The quantitative estimate of drug-likeness (QED) is 0.365. The highest BCUT2D eigenvalue weighted by Gasteiger charge is 2.13. The predicted octanol–water partition coefficient (Wildman–Crippen LogP) is 2.73. The summed E-state index contributed by atoms with van der Waals surface area (Å²) in [7, 11) is 0. The second-order valence-electron chi connectivity index (χ2n) is 3.49. The van der Waals surface area contributed by atoms with Gasteiger partial charge in [-0.05, 0) is 18.8 Å². The number of aliphatic imine (C=N–C) groups is 1. The summed E-state index contributed by atoms with van der Waals surface area (Å²) < 4.78 is 1.17. The van der Waals surface area contributed by atoms with Gasteiger partial charge in [-0.15, -0.1) is 0 Å². The minimum atomic E-state index is 0.234. The number of halogens is 1. The Morgan fingerprint density at radius 1 is 1.58 bits per heavy atom. The first-order valence-electron chi connectivity index (χ1n) is 4.01. The third-order valence-corrected chi connectivity index (χ3v) is 2.16. The molecule has 0 spiro atoms. The van der Waals surface area contributed by atoms with Crippen LogP contribution >= 0.6 is 22.6 Å². The van der Waals surface area contributed by atoms with E-state index in [-0.39, 0.29) is 5.41 Å². The number of allylic oxidation sites excluding steroid dienone is 2. The summed E-state index contributed by atoms with van der Waals surface area (Å²) in [4.78, 5) is 4.00. The van der Waals surface area contributed by atoms with E-state index in [1.165, 1.54) is 17.2 Å². The fourth-order valence-electron chi connectivity index (χ4n) is 1.04. The van der Waals surface area contributed by atoms with E-state index in [2.05, 4.69) is 47.5 Å². The maximum Gasteiger partial charge on any atom is 0.0855 e. The monoisotopic (exact) mass is 280 g/mol. The van der Waals surface area contributed by atoms with E-state index >= 15 is 0 Å². The number of rotatable bonds is 4. The minimum absolute atomic E-state index is 0.234. The molecule has 2 nitrogen and oxygen atoms in total. The van der Waals surface area contributed by atoms with Crippen molar-refractivity contribution in [2.45, 2.75) is 27.2 Å². The van der Waals surface area contributed by atoms with Crippen LogP contribution in [0.25, 0.3) is 0 Å². The number of alkyl halides is 1. The molecule has 0 saturated carbocycles. The average molecular weight is 280 g/mol. The SMILES string of the molecule is CC(=C/C(C)(C)CCI)/N=C\N. The summed E-state index contributed by atoms with van der Waals surface area (Å²) in [5.74, 6) is 0. The van der Waals surface area contributed by atoms with Crippen LogP contribution < -0.4 is 5.73 Å². The molecule has 0 aliphatic rings. The molecule has 0 heterocycles. The van der Waals surface area contributed by atoms with Gasteiger partial charge in [-0.3, -0.25) is 0 Å². The Kier molecular flexibility index (Phi) is 5.53. The Morgan fingerprint density at radius 2 is 2.17 bits per heavy atom. The van der Waals surface area contributed by atoms with Crippen LogP contribution in [0.3, 0.4) is 0 Å². The molecule has 0 aliphatic carbocycles. The lowest BCUT2D eigenvalue weighted by Crippen LogP contribution is -2.08. The summed E-state index contributed by atoms with van der Waals surface area (Å²) in [5.41, 5.74) is 6.42. The summed E-state index contributed by atoms with van der Waals surface area (Å²) >= 11 is 2.39. The van der Waals surface area contributed by atoms with Crippen LogP contribution in [-0.4, -0.2) is 10.8 Å². The van der Waals surface area contributed by atoms with Gasteiger partial charge in [0.15, 0.2) is 0 Å². The van der Waals surface area contributed by atoms with E-state index < -0.39 is 0 Å². The van der Waals surface area contributed by atoms with Crippen LogP contribution in [0.1, 0.15) is 27.2 Å². The molecule has 0 saturated heterocycles. The molecule has 2 N–H and O–H groups in total. The second kappa shape index (κ2) is 5.56. The molecule has 12 heavy (non-hydrogen) atoms. The van der Waals surface area contributed by atoms with E-state index in [0.29, 0.717) is 0 Å². The summed E-state index contributed by atoms with van der Waals surface area (Å²) in [6.45, 7) is 6.39. The van der Waals surface area contributed by atoms with Crippen molar-refractivity contribution in [3.63, 3.8) is 0 Å². The zero-order chi connectivity index (χ0) is 9.61. The Bertz CT molecular complexity index is 183. The summed E-state index contributed by atoms with van der Waals surface area (Å²) in [6, 6.07) is 0. The van der Waals surface area contributed by atoms with Gasteiger partial charge in [-0.25, -0.2) is 4.99 Å². The minimum Gasteiger partial charge on any atom is -0.390 e. The Hall–Kier alpha value is -0.0600. The van der Waals surface area contributed by atoms with Crippen molar-refractivity contribution in [1.82, 2.24) is 0 Å². The zero-order valence-electron chi connectivity index (χ0n) is 7.97. The lowest BCUT2D eigenvalue weighted by molar-refractivity contribution is 0.466. The van der Waals surface area contributed by atoms with E-state index in [1.54, 1.807) is 0 Å². The van der Waals surface area contributed by atoms with Crippen molar-refractivity contribution in [1.29, 1.82) is 0 Å². The standard InChI is InChI=1S/C9H17IN2/c1-8(12-7-11)6-9(2,3)4-5-10/h6-7H,4-5H2,1-3H3,(H2,11,12)/b8-6-. The van der Waals surface area contributed by atoms with Gasteiger partial charge < -0.3 is 5.73 Å². The fraction of sp³-hybridized carbons (Fsp3) is 0.667. The lowest BCUT2D eigenvalue weighted by Gasteiger charge is -2.18. The first-order chi connectivity index (χ1) is 5.52. The number of hydrogen-bond acceptors (Lipinski definition) is 1. The Labute approximate surface area is 88.5 Å². The molecular weight excluding hydrogens is 263 g/mol. The highest BCUT2D eigenvalue weighted by Crippen LogP contribution is 2.24. The molecule has 3 heteroatoms. The van der Waals surface area contributed by atoms with E-state index in [9.17, 15) is 0 Å². The summed E-state index contributed by atoms with van der Waals surface area (Å²) in [6.07, 6.45) is 4.67. The van der Waals surface area contributed by atoms with Gasteiger partial charge >= 0.3 is 0 Å². The number of nitrogens with two attached hydrogens (primary N) is 1. The molecule has 70 valence electrons. The molecule has 0 rings (SSSR count). The van der Waals surface area contributed by atoms with E-state index in [0.717, 1.165) is 5.70 Å². The van der Waals surface area contributed by atoms with Crippen LogP contribution in [-0.2, 0) is 0 Å². The average Bonchev–Trinajstić information content (AvgIpc) is 1.85. The van der Waals surface area contributed by atoms with Crippen molar-refractivity contribution in [2.75, 3.05) is 4.43 Å². The molecule has 0 unspecified atom stereocenters. The molecule has 0 atom stereocenters. The molecule has 0 aromatic carbocycles. The lowest BCUT2D eigenvalue weighted by atomic mass is 9.89. The van der Waals surface area contributed by atoms with Gasteiger partial charge in [0.05, 0.1) is 6.34 Å². The first kappa shape index (κ1) is 11.9. The van der Waals surface area contributed by atoms with Crippen LogP contribution in [0.15, 0.2) is 16.8 Å². The van der Waals surface area contributed by atoms with Crippen LogP contribution in [0.5, 0.6) is 0 Å². The summed E-state index contributed by atoms with van der Waals surface area (Å²) in [5, 5.41) is 0. The van der Waals surface area contributed by atoms with Crippen LogP contribution in [0.4, 0.5) is 0 Å². The van der Waals surface area contributed by atoms with Gasteiger partial charge in [-0.2, -0.15) is 0 Å². The van der Waals surface area contributed by atoms with Gasteiger partial charge in [0.25, 0.3) is 0 Å². The normalized spacial score (nSPS) is 14.2. The first-order valence-corrected chi connectivity index (χ1v) is 5.54. The molecule has 0 aliphatic heterocycles. The smallest absolute Gasteiger partial charge is 0.0855 e. The predicted molar refractivity (Wildman–Crippen MR) is 63.7 cm³/mol.